The minimum Gasteiger partial charge on any atom is -1.00 e. The molecule has 0 spiro atoms. The predicted octanol–water partition coefficient (Wildman–Crippen LogP) is 1.24. The Labute approximate surface area is 172 Å². The summed E-state index contributed by atoms with van der Waals surface area (Å²) in [5.74, 6) is 1.00. The number of carbonyl (C=O) groups excluding carboxylic acids is 2. The molecule has 0 N–H and O–H groups in total. The van der Waals surface area contributed by atoms with Crippen LogP contribution < -0.4 is 21.5 Å². The summed E-state index contributed by atoms with van der Waals surface area (Å²) in [7, 11) is 0. The number of rotatable bonds is 8. The second-order valence-electron chi connectivity index (χ2n) is 7.17. The second kappa shape index (κ2) is 9.45. The van der Waals surface area contributed by atoms with Crippen molar-refractivity contribution in [1.82, 2.24) is 4.57 Å². The van der Waals surface area contributed by atoms with Crippen LogP contribution in [0.5, 0.6) is 0 Å². The summed E-state index contributed by atoms with van der Waals surface area (Å²) in [6, 6.07) is 7.22. The van der Waals surface area contributed by atoms with Gasteiger partial charge in [-0.15, -0.1) is 0 Å². The fraction of sp³-hybridized carbons (Fsp3) is 0.500. The lowest BCUT2D eigenvalue weighted by Crippen LogP contribution is -3.00. The number of hydrogen-bond donors (Lipinski definition) is 0. The molecule has 0 atom stereocenters. The molecular weight excluding hydrogens is 404 g/mol. The van der Waals surface area contributed by atoms with Crippen LogP contribution in [0.15, 0.2) is 24.3 Å². The van der Waals surface area contributed by atoms with E-state index in [0.717, 1.165) is 57.4 Å². The third-order valence-electron chi connectivity index (χ3n) is 5.36. The Bertz CT molecular complexity index is 773. The first-order valence-corrected chi connectivity index (χ1v) is 9.93. The standard InChI is InChI=1S/C22H29N2O2.BrH/c1-4-6-10-14-23-16(3)24(15-11-7-5-2)20-19(23)21(25)17-12-8-9-13-18(17)22(20)26;/h8-9,12-13H,4-7,10-11,14-15H2,1-3H3;1H/q+1;/p-1. The molecule has 0 amide bonds. The van der Waals surface area contributed by atoms with Crippen LogP contribution >= 0.6 is 0 Å². The number of imidazole rings is 1. The molecule has 2 aromatic rings. The van der Waals surface area contributed by atoms with E-state index in [1.807, 2.05) is 19.1 Å². The molecule has 4 nitrogen and oxygen atoms in total. The van der Waals surface area contributed by atoms with Crippen molar-refractivity contribution in [3.05, 3.63) is 52.6 Å². The number of nitrogens with zero attached hydrogens (tertiary/aromatic N) is 2. The summed E-state index contributed by atoms with van der Waals surface area (Å²) < 4.78 is 4.18. The van der Waals surface area contributed by atoms with Gasteiger partial charge in [0.1, 0.15) is 0 Å². The zero-order valence-electron chi connectivity index (χ0n) is 16.6. The number of benzene rings is 1. The van der Waals surface area contributed by atoms with Crippen LogP contribution in [0.2, 0.25) is 0 Å². The predicted molar refractivity (Wildman–Crippen MR) is 102 cm³/mol. The smallest absolute Gasteiger partial charge is 0.254 e. The third kappa shape index (κ3) is 3.93. The van der Waals surface area contributed by atoms with Crippen molar-refractivity contribution >= 4 is 11.6 Å². The highest BCUT2D eigenvalue weighted by Crippen LogP contribution is 2.27. The Balaban J connectivity index is 0.00000261. The van der Waals surface area contributed by atoms with Crippen molar-refractivity contribution in [2.45, 2.75) is 72.4 Å². The molecule has 1 aliphatic carbocycles. The molecule has 0 aliphatic heterocycles. The first kappa shape index (κ1) is 21.5. The Morgan fingerprint density at radius 2 is 1.48 bits per heavy atom. The van der Waals surface area contributed by atoms with Gasteiger partial charge in [-0.1, -0.05) is 51.0 Å². The monoisotopic (exact) mass is 432 g/mol. The number of unbranched alkanes of at least 4 members (excludes halogenated alkanes) is 4. The van der Waals surface area contributed by atoms with E-state index < -0.39 is 0 Å². The van der Waals surface area contributed by atoms with Gasteiger partial charge in [-0.3, -0.25) is 9.59 Å². The van der Waals surface area contributed by atoms with Crippen LogP contribution in [0.4, 0.5) is 0 Å². The average Bonchev–Trinajstić information content (AvgIpc) is 2.93. The Morgan fingerprint density at radius 1 is 0.889 bits per heavy atom. The van der Waals surface area contributed by atoms with Crippen molar-refractivity contribution in [2.75, 3.05) is 0 Å². The van der Waals surface area contributed by atoms with E-state index in [1.54, 1.807) is 12.1 Å². The van der Waals surface area contributed by atoms with Crippen molar-refractivity contribution in [3.63, 3.8) is 0 Å². The zero-order valence-corrected chi connectivity index (χ0v) is 18.1. The number of aromatic nitrogens is 2. The molecule has 5 heteroatoms. The molecule has 146 valence electrons. The normalized spacial score (nSPS) is 12.6. The summed E-state index contributed by atoms with van der Waals surface area (Å²) >= 11 is 0. The van der Waals surface area contributed by atoms with Gasteiger partial charge >= 0.3 is 0 Å². The number of halogens is 1. The van der Waals surface area contributed by atoms with Gasteiger partial charge in [0, 0.05) is 18.1 Å². The summed E-state index contributed by atoms with van der Waals surface area (Å²) in [5.41, 5.74) is 2.28. The summed E-state index contributed by atoms with van der Waals surface area (Å²) in [5, 5.41) is 0. The van der Waals surface area contributed by atoms with E-state index in [1.165, 1.54) is 0 Å². The van der Waals surface area contributed by atoms with Crippen LogP contribution in [0, 0.1) is 6.92 Å². The number of hydrogen-bond acceptors (Lipinski definition) is 2. The molecule has 0 unspecified atom stereocenters. The molecule has 1 aromatic heterocycles. The maximum Gasteiger partial charge on any atom is 0.254 e. The Morgan fingerprint density at radius 3 is 2.11 bits per heavy atom. The summed E-state index contributed by atoms with van der Waals surface area (Å²) in [6.07, 6.45) is 6.57. The van der Waals surface area contributed by atoms with Gasteiger partial charge in [0.2, 0.25) is 23.0 Å². The lowest BCUT2D eigenvalue weighted by atomic mass is 9.90. The van der Waals surface area contributed by atoms with Crippen LogP contribution in [-0.4, -0.2) is 16.1 Å². The van der Waals surface area contributed by atoms with E-state index in [4.69, 9.17) is 0 Å². The van der Waals surface area contributed by atoms with E-state index in [2.05, 4.69) is 23.0 Å². The molecule has 1 aromatic carbocycles. The van der Waals surface area contributed by atoms with Crippen molar-refractivity contribution < 1.29 is 31.1 Å². The van der Waals surface area contributed by atoms with Gasteiger partial charge in [-0.2, -0.15) is 0 Å². The van der Waals surface area contributed by atoms with Crippen molar-refractivity contribution in [1.29, 1.82) is 0 Å². The zero-order chi connectivity index (χ0) is 18.7. The van der Waals surface area contributed by atoms with Crippen molar-refractivity contribution in [2.24, 2.45) is 0 Å². The Kier molecular flexibility index (Phi) is 7.54. The van der Waals surface area contributed by atoms with E-state index >= 15 is 0 Å². The van der Waals surface area contributed by atoms with E-state index in [-0.39, 0.29) is 28.5 Å². The second-order valence-corrected chi connectivity index (χ2v) is 7.17. The fourth-order valence-electron chi connectivity index (χ4n) is 3.91. The molecule has 0 fully saturated rings. The highest BCUT2D eigenvalue weighted by atomic mass is 79.9. The molecular formula is C22H29BrN2O2. The maximum absolute atomic E-state index is 13.2. The van der Waals surface area contributed by atoms with Crippen LogP contribution in [0.3, 0.4) is 0 Å². The summed E-state index contributed by atoms with van der Waals surface area (Å²) in [4.78, 5) is 26.4. The first-order chi connectivity index (χ1) is 12.6. The lowest BCUT2D eigenvalue weighted by molar-refractivity contribution is -0.704. The molecule has 0 saturated carbocycles. The minimum absolute atomic E-state index is 0. The quantitative estimate of drug-likeness (QED) is 0.397. The van der Waals surface area contributed by atoms with Gasteiger partial charge in [0.15, 0.2) is 0 Å². The Hall–Kier alpha value is -1.75. The summed E-state index contributed by atoms with van der Waals surface area (Å²) in [6.45, 7) is 7.98. The maximum atomic E-state index is 13.2. The lowest BCUT2D eigenvalue weighted by Gasteiger charge is -2.13. The topological polar surface area (TPSA) is 43.0 Å². The average molecular weight is 433 g/mol. The molecule has 1 aliphatic rings. The van der Waals surface area contributed by atoms with Crippen molar-refractivity contribution in [3.8, 4) is 0 Å². The molecule has 0 saturated heterocycles. The van der Waals surface area contributed by atoms with Crippen LogP contribution in [0.1, 0.15) is 90.3 Å². The molecule has 0 bridgehead atoms. The largest absolute Gasteiger partial charge is 1.00 e. The fourth-order valence-corrected chi connectivity index (χ4v) is 3.91. The molecule has 27 heavy (non-hydrogen) atoms. The molecule has 1 heterocycles. The number of fused-ring (bicyclic) bond motifs is 2. The number of carbonyl (C=O) groups is 2. The van der Waals surface area contributed by atoms with Gasteiger partial charge in [-0.25, -0.2) is 9.13 Å². The van der Waals surface area contributed by atoms with Gasteiger partial charge in [-0.05, 0) is 25.7 Å². The minimum atomic E-state index is -0.0101. The highest BCUT2D eigenvalue weighted by molar-refractivity contribution is 6.26. The van der Waals surface area contributed by atoms with Gasteiger partial charge < -0.3 is 17.0 Å². The van der Waals surface area contributed by atoms with Gasteiger partial charge in [0.25, 0.3) is 5.82 Å². The van der Waals surface area contributed by atoms with E-state index in [0.29, 0.717) is 22.5 Å². The highest BCUT2D eigenvalue weighted by Gasteiger charge is 2.42. The SMILES string of the molecule is CCCCCn1c2c([n+](CCCCC)c1C)C(=O)c1ccccc1C2=O.[Br-]. The molecule has 0 radical (unpaired) electrons. The van der Waals surface area contributed by atoms with E-state index in [9.17, 15) is 9.59 Å². The first-order valence-electron chi connectivity index (χ1n) is 9.93. The van der Waals surface area contributed by atoms with Crippen LogP contribution in [-0.2, 0) is 13.1 Å². The third-order valence-corrected chi connectivity index (χ3v) is 5.36. The molecule has 3 rings (SSSR count). The van der Waals surface area contributed by atoms with Crippen LogP contribution in [0.25, 0.3) is 0 Å². The van der Waals surface area contributed by atoms with Gasteiger partial charge in [0.05, 0.1) is 13.1 Å². The number of ketones is 2.